The Hall–Kier alpha value is -0.140. The van der Waals surface area contributed by atoms with Crippen LogP contribution >= 0.6 is 0 Å². The molecule has 0 rings (SSSR count). The van der Waals surface area contributed by atoms with Gasteiger partial charge in [-0.15, -0.1) is 0 Å². The van der Waals surface area contributed by atoms with Gasteiger partial charge >= 0.3 is 0 Å². The molecule has 1 N–H and O–H groups in total. The van der Waals surface area contributed by atoms with Gasteiger partial charge in [0.2, 0.25) is 0 Å². The molecule has 0 heterocycles. The maximum atomic E-state index is 10.8. The van der Waals surface area contributed by atoms with Crippen molar-refractivity contribution >= 4 is 20.0 Å². The Morgan fingerprint density at radius 3 is 1.73 bits per heavy atom. The Morgan fingerprint density at radius 1 is 1.27 bits per heavy atom. The van der Waals surface area contributed by atoms with Crippen LogP contribution in [0.1, 0.15) is 13.8 Å². The van der Waals surface area contributed by atoms with Gasteiger partial charge in [0.05, 0.1) is 0 Å². The third-order valence-electron chi connectivity index (χ3n) is 1.33. The molecule has 0 aromatic rings. The van der Waals surface area contributed by atoms with Crippen molar-refractivity contribution in [1.82, 2.24) is 0 Å². The average molecular weight is 202 g/mol. The molecule has 0 aliphatic heterocycles. The molecule has 0 aromatic carbocycles. The summed E-state index contributed by atoms with van der Waals surface area (Å²) in [7, 11) is -8.15. The van der Waals surface area contributed by atoms with Crippen LogP contribution in [-0.4, -0.2) is 31.7 Å². The highest BCUT2D eigenvalue weighted by Crippen LogP contribution is 2.07. The zero-order valence-electron chi connectivity index (χ0n) is 6.18. The van der Waals surface area contributed by atoms with Gasteiger partial charge in [0.1, 0.15) is 0 Å². The second kappa shape index (κ2) is 3.08. The molecule has 0 saturated heterocycles. The maximum Gasteiger partial charge on any atom is 0.282 e. The predicted molar refractivity (Wildman–Crippen MR) is 40.5 cm³/mol. The summed E-state index contributed by atoms with van der Waals surface area (Å²) in [6.45, 7) is 2.26. The first kappa shape index (κ1) is 10.9. The molecule has 0 aliphatic carbocycles. The van der Waals surface area contributed by atoms with Gasteiger partial charge in [-0.05, 0) is 6.92 Å². The lowest BCUT2D eigenvalue weighted by molar-refractivity contribution is 0.478. The molecule has 68 valence electrons. The molecule has 11 heavy (non-hydrogen) atoms. The third-order valence-corrected chi connectivity index (χ3v) is 5.59. The summed E-state index contributed by atoms with van der Waals surface area (Å²) in [6, 6.07) is 0. The number of hydrogen-bond donors (Lipinski definition) is 1. The fourth-order valence-corrected chi connectivity index (χ4v) is 2.78. The van der Waals surface area contributed by atoms with Gasteiger partial charge in [-0.25, -0.2) is 8.42 Å². The van der Waals surface area contributed by atoms with Crippen LogP contribution < -0.4 is 0 Å². The molecule has 0 amide bonds. The standard InChI is InChI=1S/C4H10O5S2/c1-3-10(5,6)4(2)11(7,8)9/h4H,3H2,1-2H3,(H,7,8,9). The van der Waals surface area contributed by atoms with E-state index in [1.807, 2.05) is 0 Å². The zero-order valence-corrected chi connectivity index (χ0v) is 7.81. The summed E-state index contributed by atoms with van der Waals surface area (Å²) in [5.74, 6) is -0.298. The van der Waals surface area contributed by atoms with Crippen molar-refractivity contribution in [1.29, 1.82) is 0 Å². The number of rotatable bonds is 3. The van der Waals surface area contributed by atoms with Gasteiger partial charge in [-0.2, -0.15) is 8.42 Å². The van der Waals surface area contributed by atoms with Crippen LogP contribution in [0.15, 0.2) is 0 Å². The van der Waals surface area contributed by atoms with E-state index in [4.69, 9.17) is 4.55 Å². The van der Waals surface area contributed by atoms with Crippen molar-refractivity contribution in [3.8, 4) is 0 Å². The summed E-state index contributed by atoms with van der Waals surface area (Å²) in [4.78, 5) is 0. The first-order chi connectivity index (χ1) is 4.72. The molecule has 0 aliphatic rings. The lowest BCUT2D eigenvalue weighted by atomic mass is 10.9. The maximum absolute atomic E-state index is 10.8. The van der Waals surface area contributed by atoms with E-state index in [1.165, 1.54) is 6.92 Å². The normalized spacial score (nSPS) is 16.3. The topological polar surface area (TPSA) is 88.5 Å². The van der Waals surface area contributed by atoms with E-state index in [0.717, 1.165) is 6.92 Å². The quantitative estimate of drug-likeness (QED) is 0.632. The Bertz CT molecular complexity index is 310. The Labute approximate surface area is 66.1 Å². The van der Waals surface area contributed by atoms with E-state index in [2.05, 4.69) is 0 Å². The van der Waals surface area contributed by atoms with Crippen LogP contribution in [0.25, 0.3) is 0 Å². The number of sulfone groups is 1. The summed E-state index contributed by atoms with van der Waals surface area (Å²) < 4.78 is 48.9. The van der Waals surface area contributed by atoms with E-state index >= 15 is 0 Å². The second-order valence-electron chi connectivity index (χ2n) is 2.03. The van der Waals surface area contributed by atoms with Crippen LogP contribution in [0.5, 0.6) is 0 Å². The smallest absolute Gasteiger partial charge is 0.282 e. The number of hydrogen-bond acceptors (Lipinski definition) is 4. The molecule has 1 unspecified atom stereocenters. The largest absolute Gasteiger partial charge is 0.285 e. The fraction of sp³-hybridized carbons (Fsp3) is 1.00. The minimum absolute atomic E-state index is 0.298. The summed E-state index contributed by atoms with van der Waals surface area (Å²) in [5.41, 5.74) is 0. The van der Waals surface area contributed by atoms with Gasteiger partial charge in [0, 0.05) is 5.75 Å². The summed E-state index contributed by atoms with van der Waals surface area (Å²) in [5, 5.41) is 0. The van der Waals surface area contributed by atoms with E-state index in [0.29, 0.717) is 0 Å². The van der Waals surface area contributed by atoms with Gasteiger partial charge in [-0.1, -0.05) is 6.92 Å². The van der Waals surface area contributed by atoms with Crippen molar-refractivity contribution < 1.29 is 21.4 Å². The highest BCUT2D eigenvalue weighted by Gasteiger charge is 2.29. The van der Waals surface area contributed by atoms with Crippen molar-refractivity contribution in [2.24, 2.45) is 0 Å². The zero-order chi connectivity index (χ0) is 9.28. The third kappa shape index (κ3) is 2.76. The van der Waals surface area contributed by atoms with E-state index < -0.39 is 24.5 Å². The Morgan fingerprint density at radius 2 is 1.64 bits per heavy atom. The molecule has 0 spiro atoms. The first-order valence-electron chi connectivity index (χ1n) is 2.89. The summed E-state index contributed by atoms with van der Waals surface area (Å²) in [6.07, 6.45) is 0. The first-order valence-corrected chi connectivity index (χ1v) is 6.11. The van der Waals surface area contributed by atoms with Crippen LogP contribution in [0.3, 0.4) is 0 Å². The molecule has 0 radical (unpaired) electrons. The molecular weight excluding hydrogens is 192 g/mol. The highest BCUT2D eigenvalue weighted by molar-refractivity contribution is 8.06. The predicted octanol–water partition coefficient (Wildman–Crippen LogP) is -0.345. The van der Waals surface area contributed by atoms with E-state index in [9.17, 15) is 16.8 Å². The van der Waals surface area contributed by atoms with Gasteiger partial charge in [0.15, 0.2) is 14.4 Å². The lowest BCUT2D eigenvalue weighted by Gasteiger charge is -2.06. The van der Waals surface area contributed by atoms with Crippen molar-refractivity contribution in [2.75, 3.05) is 5.75 Å². The minimum atomic E-state index is -4.46. The van der Waals surface area contributed by atoms with Gasteiger partial charge in [0.25, 0.3) is 10.1 Å². The monoisotopic (exact) mass is 202 g/mol. The highest BCUT2D eigenvalue weighted by atomic mass is 32.3. The molecule has 7 heteroatoms. The van der Waals surface area contributed by atoms with Gasteiger partial charge in [-0.3, -0.25) is 4.55 Å². The van der Waals surface area contributed by atoms with Gasteiger partial charge < -0.3 is 0 Å². The van der Waals surface area contributed by atoms with Crippen LogP contribution in [0.2, 0.25) is 0 Å². The average Bonchev–Trinajstić information content (AvgIpc) is 1.84. The van der Waals surface area contributed by atoms with Crippen LogP contribution in [0.4, 0.5) is 0 Å². The molecule has 1 atom stereocenters. The molecule has 0 bridgehead atoms. The Balaban J connectivity index is 4.96. The van der Waals surface area contributed by atoms with Crippen LogP contribution in [0, 0.1) is 0 Å². The molecule has 0 saturated carbocycles. The van der Waals surface area contributed by atoms with Crippen molar-refractivity contribution in [3.63, 3.8) is 0 Å². The van der Waals surface area contributed by atoms with Crippen molar-refractivity contribution in [3.05, 3.63) is 0 Å². The molecular formula is C4H10O5S2. The van der Waals surface area contributed by atoms with Crippen LogP contribution in [-0.2, 0) is 20.0 Å². The van der Waals surface area contributed by atoms with Crippen molar-refractivity contribution in [2.45, 2.75) is 18.4 Å². The minimum Gasteiger partial charge on any atom is -0.285 e. The van der Waals surface area contributed by atoms with E-state index in [1.54, 1.807) is 0 Å². The SMILES string of the molecule is CCS(=O)(=O)C(C)S(=O)(=O)O. The molecule has 0 aromatic heterocycles. The lowest BCUT2D eigenvalue weighted by Crippen LogP contribution is -2.28. The molecule has 0 fully saturated rings. The summed E-state index contributed by atoms with van der Waals surface area (Å²) >= 11 is 0. The molecule has 5 nitrogen and oxygen atoms in total. The van der Waals surface area contributed by atoms with E-state index in [-0.39, 0.29) is 5.75 Å². The Kier molecular flexibility index (Phi) is 3.04. The second-order valence-corrected chi connectivity index (χ2v) is 6.68. The fourth-order valence-electron chi connectivity index (χ4n) is 0.420.